The lowest BCUT2D eigenvalue weighted by Crippen LogP contribution is -2.51. The average molecular weight is 475 g/mol. The molecule has 1 aliphatic rings. The van der Waals surface area contributed by atoms with Crippen molar-refractivity contribution in [2.24, 2.45) is 0 Å². The molecular formula is C25H31ClN2O3S. The molecule has 1 fully saturated rings. The summed E-state index contributed by atoms with van der Waals surface area (Å²) in [6.45, 7) is 2.31. The molecule has 0 aromatic heterocycles. The highest BCUT2D eigenvalue weighted by Gasteiger charge is 2.30. The summed E-state index contributed by atoms with van der Waals surface area (Å²) in [5, 5.41) is 3.84. The quantitative estimate of drug-likeness (QED) is 0.474. The van der Waals surface area contributed by atoms with Crippen molar-refractivity contribution in [2.45, 2.75) is 62.6 Å². The Labute approximate surface area is 199 Å². The summed E-state index contributed by atoms with van der Waals surface area (Å²) in [5.74, 6) is 0.848. The summed E-state index contributed by atoms with van der Waals surface area (Å²) in [5.41, 5.74) is 0.932. The standard InChI is InChI=1S/C25H31ClN2O3S/c1-3-23(25(30)27-20-8-4-5-9-20)28(16-18-7-6-10-21(15-18)31-2)24(29)17-32-22-13-11-19(26)12-14-22/h6-7,10-15,20,23H,3-5,8-9,16-17H2,1-2H3,(H,27,30)/t23-/m1/s1. The molecular weight excluding hydrogens is 444 g/mol. The maximum Gasteiger partial charge on any atom is 0.243 e. The topological polar surface area (TPSA) is 58.6 Å². The lowest BCUT2D eigenvalue weighted by Gasteiger charge is -2.31. The van der Waals surface area contributed by atoms with Gasteiger partial charge >= 0.3 is 0 Å². The van der Waals surface area contributed by atoms with Crippen LogP contribution in [0.25, 0.3) is 0 Å². The van der Waals surface area contributed by atoms with Crippen LogP contribution >= 0.6 is 23.4 Å². The minimum atomic E-state index is -0.514. The Balaban J connectivity index is 1.76. The monoisotopic (exact) mass is 474 g/mol. The van der Waals surface area contributed by atoms with Crippen LogP contribution in [0.1, 0.15) is 44.6 Å². The van der Waals surface area contributed by atoms with Crippen LogP contribution in [0.2, 0.25) is 5.02 Å². The second-order valence-corrected chi connectivity index (χ2v) is 9.51. The van der Waals surface area contributed by atoms with Gasteiger partial charge in [-0.3, -0.25) is 9.59 Å². The van der Waals surface area contributed by atoms with E-state index in [1.54, 1.807) is 12.0 Å². The second-order valence-electron chi connectivity index (χ2n) is 8.03. The Morgan fingerprint density at radius 2 is 1.91 bits per heavy atom. The van der Waals surface area contributed by atoms with E-state index in [2.05, 4.69) is 5.32 Å². The number of benzene rings is 2. The minimum absolute atomic E-state index is 0.0628. The number of hydrogen-bond acceptors (Lipinski definition) is 4. The van der Waals surface area contributed by atoms with E-state index in [-0.39, 0.29) is 23.6 Å². The van der Waals surface area contributed by atoms with E-state index in [1.807, 2.05) is 55.5 Å². The van der Waals surface area contributed by atoms with Gasteiger partial charge in [0.2, 0.25) is 11.8 Å². The Kier molecular flexibility index (Phi) is 9.30. The molecule has 172 valence electrons. The van der Waals surface area contributed by atoms with Crippen molar-refractivity contribution in [1.82, 2.24) is 10.2 Å². The van der Waals surface area contributed by atoms with Crippen LogP contribution < -0.4 is 10.1 Å². The first-order valence-electron chi connectivity index (χ1n) is 11.1. The molecule has 2 aromatic carbocycles. The van der Waals surface area contributed by atoms with Crippen LogP contribution in [0.5, 0.6) is 5.75 Å². The van der Waals surface area contributed by atoms with E-state index in [4.69, 9.17) is 16.3 Å². The summed E-state index contributed by atoms with van der Waals surface area (Å²) in [6, 6.07) is 14.8. The van der Waals surface area contributed by atoms with Gasteiger partial charge < -0.3 is 15.0 Å². The molecule has 0 heterocycles. The number of carbonyl (C=O) groups is 2. The van der Waals surface area contributed by atoms with Gasteiger partial charge in [0.25, 0.3) is 0 Å². The van der Waals surface area contributed by atoms with E-state index in [1.165, 1.54) is 11.8 Å². The number of thioether (sulfide) groups is 1. The van der Waals surface area contributed by atoms with Crippen molar-refractivity contribution >= 4 is 35.2 Å². The molecule has 1 aliphatic carbocycles. The summed E-state index contributed by atoms with van der Waals surface area (Å²) in [6.07, 6.45) is 4.87. The first-order chi connectivity index (χ1) is 15.5. The SMILES string of the molecule is CC[C@H](C(=O)NC1CCCC1)N(Cc1cccc(OC)c1)C(=O)CSc1ccc(Cl)cc1. The number of carbonyl (C=O) groups excluding carboxylic acids is 2. The van der Waals surface area contributed by atoms with E-state index in [9.17, 15) is 9.59 Å². The molecule has 0 unspecified atom stereocenters. The summed E-state index contributed by atoms with van der Waals surface area (Å²) < 4.78 is 5.34. The first kappa shape index (κ1) is 24.5. The highest BCUT2D eigenvalue weighted by atomic mass is 35.5. The van der Waals surface area contributed by atoms with E-state index in [0.29, 0.717) is 18.0 Å². The predicted molar refractivity (Wildman–Crippen MR) is 130 cm³/mol. The molecule has 0 saturated heterocycles. The molecule has 1 atom stereocenters. The van der Waals surface area contributed by atoms with Crippen LogP contribution in [-0.2, 0) is 16.1 Å². The molecule has 0 radical (unpaired) electrons. The molecule has 7 heteroatoms. The first-order valence-corrected chi connectivity index (χ1v) is 12.5. The van der Waals surface area contributed by atoms with E-state index < -0.39 is 6.04 Å². The number of rotatable bonds is 10. The Morgan fingerprint density at radius 1 is 1.19 bits per heavy atom. The molecule has 0 spiro atoms. The molecule has 2 amide bonds. The maximum absolute atomic E-state index is 13.4. The number of halogens is 1. The molecule has 32 heavy (non-hydrogen) atoms. The highest BCUT2D eigenvalue weighted by Crippen LogP contribution is 2.24. The summed E-state index contributed by atoms with van der Waals surface area (Å²) in [7, 11) is 1.62. The van der Waals surface area contributed by atoms with Gasteiger partial charge in [-0.15, -0.1) is 11.8 Å². The van der Waals surface area contributed by atoms with E-state index >= 15 is 0 Å². The zero-order chi connectivity index (χ0) is 22.9. The van der Waals surface area contributed by atoms with Gasteiger partial charge in [0.05, 0.1) is 12.9 Å². The van der Waals surface area contributed by atoms with Crippen molar-refractivity contribution in [2.75, 3.05) is 12.9 Å². The number of nitrogens with zero attached hydrogens (tertiary/aromatic N) is 1. The van der Waals surface area contributed by atoms with Gasteiger partial charge in [-0.05, 0) is 61.2 Å². The summed E-state index contributed by atoms with van der Waals surface area (Å²) in [4.78, 5) is 29.2. The third-order valence-electron chi connectivity index (χ3n) is 5.75. The third kappa shape index (κ3) is 6.91. The van der Waals surface area contributed by atoms with Crippen LogP contribution in [0.3, 0.4) is 0 Å². The molecule has 2 aromatic rings. The fraction of sp³-hybridized carbons (Fsp3) is 0.440. The smallest absolute Gasteiger partial charge is 0.243 e. The van der Waals surface area contributed by atoms with Gasteiger partial charge in [0.1, 0.15) is 11.8 Å². The fourth-order valence-corrected chi connectivity index (χ4v) is 4.92. The number of ether oxygens (including phenoxy) is 1. The zero-order valence-electron chi connectivity index (χ0n) is 18.7. The van der Waals surface area contributed by atoms with Crippen molar-refractivity contribution < 1.29 is 14.3 Å². The van der Waals surface area contributed by atoms with Crippen LogP contribution in [-0.4, -0.2) is 41.7 Å². The van der Waals surface area contributed by atoms with Crippen LogP contribution in [0, 0.1) is 0 Å². The molecule has 0 bridgehead atoms. The number of nitrogens with one attached hydrogen (secondary N) is 1. The lowest BCUT2D eigenvalue weighted by atomic mass is 10.1. The fourth-order valence-electron chi connectivity index (χ4n) is 4.01. The lowest BCUT2D eigenvalue weighted by molar-refractivity contribution is -0.139. The van der Waals surface area contributed by atoms with Crippen molar-refractivity contribution in [3.05, 3.63) is 59.1 Å². The molecule has 3 rings (SSSR count). The molecule has 0 aliphatic heterocycles. The van der Waals surface area contributed by atoms with Crippen LogP contribution in [0.4, 0.5) is 0 Å². The van der Waals surface area contributed by atoms with Crippen molar-refractivity contribution in [1.29, 1.82) is 0 Å². The average Bonchev–Trinajstić information content (AvgIpc) is 3.31. The van der Waals surface area contributed by atoms with Gasteiger partial charge in [-0.2, -0.15) is 0 Å². The maximum atomic E-state index is 13.4. The Morgan fingerprint density at radius 3 is 2.56 bits per heavy atom. The number of amides is 2. The van der Waals surface area contributed by atoms with Gasteiger partial charge in [0.15, 0.2) is 0 Å². The molecule has 1 saturated carbocycles. The van der Waals surface area contributed by atoms with Gasteiger partial charge in [-0.1, -0.05) is 43.5 Å². The molecule has 1 N–H and O–H groups in total. The highest BCUT2D eigenvalue weighted by molar-refractivity contribution is 8.00. The van der Waals surface area contributed by atoms with Crippen molar-refractivity contribution in [3.8, 4) is 5.75 Å². The number of hydrogen-bond donors (Lipinski definition) is 1. The predicted octanol–water partition coefficient (Wildman–Crippen LogP) is 5.31. The van der Waals surface area contributed by atoms with Gasteiger partial charge in [0, 0.05) is 22.5 Å². The van der Waals surface area contributed by atoms with Crippen molar-refractivity contribution in [3.63, 3.8) is 0 Å². The normalized spacial score (nSPS) is 14.7. The number of methoxy groups -OCH3 is 1. The zero-order valence-corrected chi connectivity index (χ0v) is 20.3. The van der Waals surface area contributed by atoms with E-state index in [0.717, 1.165) is 41.9 Å². The third-order valence-corrected chi connectivity index (χ3v) is 7.00. The minimum Gasteiger partial charge on any atom is -0.497 e. The Bertz CT molecular complexity index is 900. The Hall–Kier alpha value is -2.18. The second kappa shape index (κ2) is 12.2. The van der Waals surface area contributed by atoms with Crippen LogP contribution in [0.15, 0.2) is 53.4 Å². The van der Waals surface area contributed by atoms with Gasteiger partial charge in [-0.25, -0.2) is 0 Å². The summed E-state index contributed by atoms with van der Waals surface area (Å²) >= 11 is 7.42. The molecule has 5 nitrogen and oxygen atoms in total. The largest absolute Gasteiger partial charge is 0.497 e.